The van der Waals surface area contributed by atoms with Crippen LogP contribution in [-0.2, 0) is 19.1 Å². The van der Waals surface area contributed by atoms with E-state index in [4.69, 9.17) is 9.47 Å². The molecule has 0 fully saturated rings. The molecule has 0 saturated heterocycles. The van der Waals surface area contributed by atoms with Gasteiger partial charge in [-0.1, -0.05) is 19.7 Å². The smallest absolute Gasteiger partial charge is 0.338 e. The van der Waals surface area contributed by atoms with Gasteiger partial charge in [-0.25, -0.2) is 14.4 Å². The van der Waals surface area contributed by atoms with Gasteiger partial charge in [0.15, 0.2) is 0 Å². The molecule has 25 heavy (non-hydrogen) atoms. The SMILES string of the molecule is C=COC(=O)/C=C/c1cc(OC(=O)C(=C)C)cc(OC(=O)C(=C)C)c1. The van der Waals surface area contributed by atoms with Gasteiger partial charge in [-0.15, -0.1) is 0 Å². The second kappa shape index (κ2) is 9.02. The van der Waals surface area contributed by atoms with Gasteiger partial charge in [-0.2, -0.15) is 0 Å². The molecule has 0 aliphatic heterocycles. The molecule has 0 heterocycles. The Morgan fingerprint density at radius 1 is 0.920 bits per heavy atom. The summed E-state index contributed by atoms with van der Waals surface area (Å²) in [6, 6.07) is 4.33. The molecule has 1 aromatic carbocycles. The predicted molar refractivity (Wildman–Crippen MR) is 92.7 cm³/mol. The summed E-state index contributed by atoms with van der Waals surface area (Å²) >= 11 is 0. The summed E-state index contributed by atoms with van der Waals surface area (Å²) in [6.07, 6.45) is 3.55. The van der Waals surface area contributed by atoms with Crippen molar-refractivity contribution >= 4 is 24.0 Å². The van der Waals surface area contributed by atoms with Gasteiger partial charge < -0.3 is 14.2 Å². The quantitative estimate of drug-likeness (QED) is 0.327. The highest BCUT2D eigenvalue weighted by Crippen LogP contribution is 2.25. The van der Waals surface area contributed by atoms with Gasteiger partial charge in [0, 0.05) is 23.3 Å². The van der Waals surface area contributed by atoms with Crippen molar-refractivity contribution in [2.45, 2.75) is 13.8 Å². The highest BCUT2D eigenvalue weighted by Gasteiger charge is 2.11. The summed E-state index contributed by atoms with van der Waals surface area (Å²) in [7, 11) is 0. The van der Waals surface area contributed by atoms with Gasteiger partial charge in [-0.05, 0) is 37.6 Å². The van der Waals surface area contributed by atoms with Crippen LogP contribution >= 0.6 is 0 Å². The number of hydrogen-bond acceptors (Lipinski definition) is 6. The third-order valence-corrected chi connectivity index (χ3v) is 2.63. The summed E-state index contributed by atoms with van der Waals surface area (Å²) in [4.78, 5) is 34.7. The van der Waals surface area contributed by atoms with E-state index in [-0.39, 0.29) is 22.6 Å². The van der Waals surface area contributed by atoms with Crippen LogP contribution in [0, 0.1) is 0 Å². The molecule has 0 aliphatic rings. The average molecular weight is 342 g/mol. The van der Waals surface area contributed by atoms with Gasteiger partial charge in [0.1, 0.15) is 11.5 Å². The fraction of sp³-hybridized carbons (Fsp3) is 0.105. The maximum atomic E-state index is 11.7. The van der Waals surface area contributed by atoms with Crippen LogP contribution < -0.4 is 9.47 Å². The summed E-state index contributed by atoms with van der Waals surface area (Å²) in [5, 5.41) is 0. The molecular formula is C19H18O6. The Kier molecular flexibility index (Phi) is 7.09. The van der Waals surface area contributed by atoms with E-state index in [1.165, 1.54) is 38.1 Å². The molecule has 0 amide bonds. The predicted octanol–water partition coefficient (Wildman–Crippen LogP) is 3.35. The number of benzene rings is 1. The summed E-state index contributed by atoms with van der Waals surface area (Å²) in [6.45, 7) is 13.3. The van der Waals surface area contributed by atoms with Crippen molar-refractivity contribution in [2.75, 3.05) is 0 Å². The molecule has 0 N–H and O–H groups in total. The molecule has 0 aromatic heterocycles. The van der Waals surface area contributed by atoms with Gasteiger partial charge >= 0.3 is 17.9 Å². The minimum atomic E-state index is -0.639. The van der Waals surface area contributed by atoms with E-state index in [1.54, 1.807) is 0 Å². The van der Waals surface area contributed by atoms with Crippen LogP contribution in [0.15, 0.2) is 61.4 Å². The maximum Gasteiger partial charge on any atom is 0.338 e. The number of carbonyl (C=O) groups is 3. The second-order valence-corrected chi connectivity index (χ2v) is 5.01. The molecule has 0 saturated carbocycles. The Labute approximate surface area is 145 Å². The first-order chi connectivity index (χ1) is 11.7. The van der Waals surface area contributed by atoms with Crippen molar-refractivity contribution in [2.24, 2.45) is 0 Å². The number of carbonyl (C=O) groups excluding carboxylic acids is 3. The molecule has 1 rings (SSSR count). The zero-order valence-electron chi connectivity index (χ0n) is 14.0. The number of rotatable bonds is 7. The van der Waals surface area contributed by atoms with Crippen LogP contribution in [0.2, 0.25) is 0 Å². The van der Waals surface area contributed by atoms with Gasteiger partial charge in [0.05, 0.1) is 6.26 Å². The Morgan fingerprint density at radius 3 is 1.80 bits per heavy atom. The molecule has 0 radical (unpaired) electrons. The molecular weight excluding hydrogens is 324 g/mol. The van der Waals surface area contributed by atoms with Crippen LogP contribution in [0.3, 0.4) is 0 Å². The first-order valence-corrected chi connectivity index (χ1v) is 7.13. The van der Waals surface area contributed by atoms with Crippen molar-refractivity contribution in [3.8, 4) is 11.5 Å². The van der Waals surface area contributed by atoms with Crippen LogP contribution in [0.5, 0.6) is 11.5 Å². The van der Waals surface area contributed by atoms with E-state index in [0.29, 0.717) is 5.56 Å². The Morgan fingerprint density at radius 2 is 1.40 bits per heavy atom. The highest BCUT2D eigenvalue weighted by molar-refractivity contribution is 5.90. The van der Waals surface area contributed by atoms with Crippen molar-refractivity contribution in [1.82, 2.24) is 0 Å². The highest BCUT2D eigenvalue weighted by atomic mass is 16.5. The summed E-state index contributed by atoms with van der Waals surface area (Å²) in [5.41, 5.74) is 0.851. The van der Waals surface area contributed by atoms with Gasteiger partial charge in [0.25, 0.3) is 0 Å². The standard InChI is InChI=1S/C19H18O6/c1-6-23-17(20)8-7-14-9-15(24-18(21)12(2)3)11-16(10-14)25-19(22)13(4)5/h6-11H,1-2,4H2,3,5H3/b8-7+. The van der Waals surface area contributed by atoms with Crippen LogP contribution in [0.1, 0.15) is 19.4 Å². The lowest BCUT2D eigenvalue weighted by atomic mass is 10.2. The maximum absolute atomic E-state index is 11.7. The van der Waals surface area contributed by atoms with E-state index < -0.39 is 17.9 Å². The third kappa shape index (κ3) is 6.70. The van der Waals surface area contributed by atoms with E-state index in [2.05, 4.69) is 24.5 Å². The lowest BCUT2D eigenvalue weighted by Crippen LogP contribution is -2.10. The Balaban J connectivity index is 3.16. The lowest BCUT2D eigenvalue weighted by molar-refractivity contribution is -0.132. The van der Waals surface area contributed by atoms with E-state index in [9.17, 15) is 14.4 Å². The first-order valence-electron chi connectivity index (χ1n) is 7.13. The number of ether oxygens (including phenoxy) is 3. The number of esters is 3. The normalized spacial score (nSPS) is 10.0. The van der Waals surface area contributed by atoms with Gasteiger partial charge in [-0.3, -0.25) is 0 Å². The van der Waals surface area contributed by atoms with E-state index in [1.807, 2.05) is 0 Å². The topological polar surface area (TPSA) is 78.9 Å². The van der Waals surface area contributed by atoms with Crippen LogP contribution in [-0.4, -0.2) is 17.9 Å². The van der Waals surface area contributed by atoms with Crippen molar-refractivity contribution < 1.29 is 28.6 Å². The fourth-order valence-corrected chi connectivity index (χ4v) is 1.48. The number of hydrogen-bond donors (Lipinski definition) is 0. The van der Waals surface area contributed by atoms with Crippen molar-refractivity contribution in [3.05, 3.63) is 67.0 Å². The third-order valence-electron chi connectivity index (χ3n) is 2.63. The molecule has 6 heteroatoms. The van der Waals surface area contributed by atoms with E-state index in [0.717, 1.165) is 12.3 Å². The molecule has 1 aromatic rings. The molecule has 0 atom stereocenters. The summed E-state index contributed by atoms with van der Waals surface area (Å²) < 4.78 is 14.8. The van der Waals surface area contributed by atoms with Gasteiger partial charge in [0.2, 0.25) is 0 Å². The molecule has 6 nitrogen and oxygen atoms in total. The summed E-state index contributed by atoms with van der Waals surface area (Å²) in [5.74, 6) is -1.66. The molecule has 0 bridgehead atoms. The zero-order chi connectivity index (χ0) is 19.0. The van der Waals surface area contributed by atoms with Crippen LogP contribution in [0.25, 0.3) is 6.08 Å². The fourth-order valence-electron chi connectivity index (χ4n) is 1.48. The minimum absolute atomic E-state index is 0.122. The minimum Gasteiger partial charge on any atom is -0.432 e. The van der Waals surface area contributed by atoms with Crippen molar-refractivity contribution in [3.63, 3.8) is 0 Å². The van der Waals surface area contributed by atoms with Crippen LogP contribution in [0.4, 0.5) is 0 Å². The van der Waals surface area contributed by atoms with E-state index >= 15 is 0 Å². The Bertz CT molecular complexity index is 724. The molecule has 0 aliphatic carbocycles. The molecule has 0 unspecified atom stereocenters. The first kappa shape index (κ1) is 19.6. The Hall–Kier alpha value is -3.41. The van der Waals surface area contributed by atoms with Crippen molar-refractivity contribution in [1.29, 1.82) is 0 Å². The lowest BCUT2D eigenvalue weighted by Gasteiger charge is -2.09. The zero-order valence-corrected chi connectivity index (χ0v) is 14.0. The molecule has 0 spiro atoms. The largest absolute Gasteiger partial charge is 0.432 e. The average Bonchev–Trinajstić information content (AvgIpc) is 2.52. The monoisotopic (exact) mass is 342 g/mol. The molecule has 130 valence electrons. The second-order valence-electron chi connectivity index (χ2n) is 5.01.